The van der Waals surface area contributed by atoms with Gasteiger partial charge < -0.3 is 19.7 Å². The summed E-state index contributed by atoms with van der Waals surface area (Å²) in [6, 6.07) is 15.3. The average molecular weight is 296 g/mol. The van der Waals surface area contributed by atoms with Crippen molar-refractivity contribution in [3.63, 3.8) is 0 Å². The maximum atomic E-state index is 5.77. The van der Waals surface area contributed by atoms with E-state index in [1.165, 1.54) is 6.26 Å². The number of methoxy groups -OCH3 is 1. The molecule has 0 aliphatic heterocycles. The van der Waals surface area contributed by atoms with Crippen molar-refractivity contribution >= 4 is 5.69 Å². The van der Waals surface area contributed by atoms with E-state index in [4.69, 9.17) is 19.7 Å². The van der Waals surface area contributed by atoms with Crippen LogP contribution in [0.1, 0.15) is 5.56 Å². The Morgan fingerprint density at radius 1 is 1.00 bits per heavy atom. The Bertz CT molecular complexity index is 733. The number of nitrogens with zero attached hydrogens (tertiary/aromatic N) is 1. The smallest absolute Gasteiger partial charge is 0.147 e. The highest BCUT2D eigenvalue weighted by Crippen LogP contribution is 2.26. The maximum Gasteiger partial charge on any atom is 0.147 e. The number of aromatic nitrogens is 1. The topological polar surface area (TPSA) is 70.5 Å². The molecule has 0 atom stereocenters. The minimum atomic E-state index is 0.495. The highest BCUT2D eigenvalue weighted by Gasteiger charge is 2.07. The molecule has 2 aromatic carbocycles. The molecule has 1 heterocycles. The van der Waals surface area contributed by atoms with Gasteiger partial charge in [-0.2, -0.15) is 0 Å². The van der Waals surface area contributed by atoms with Crippen LogP contribution in [0.5, 0.6) is 11.5 Å². The summed E-state index contributed by atoms with van der Waals surface area (Å²) in [5.41, 5.74) is 8.90. The van der Waals surface area contributed by atoms with Crippen LogP contribution in [0.25, 0.3) is 11.3 Å². The summed E-state index contributed by atoms with van der Waals surface area (Å²) in [6.45, 7) is 0.495. The van der Waals surface area contributed by atoms with Gasteiger partial charge >= 0.3 is 0 Å². The number of anilines is 1. The molecule has 5 nitrogen and oxygen atoms in total. The van der Waals surface area contributed by atoms with Crippen molar-refractivity contribution < 1.29 is 14.0 Å². The lowest BCUT2D eigenvalue weighted by atomic mass is 10.1. The predicted octanol–water partition coefficient (Wildman–Crippen LogP) is 3.51. The van der Waals surface area contributed by atoms with Crippen molar-refractivity contribution in [3.8, 4) is 22.8 Å². The molecule has 2 N–H and O–H groups in total. The van der Waals surface area contributed by atoms with E-state index in [0.29, 0.717) is 18.0 Å². The van der Waals surface area contributed by atoms with E-state index >= 15 is 0 Å². The minimum Gasteiger partial charge on any atom is -0.497 e. The first-order valence-electron chi connectivity index (χ1n) is 6.82. The minimum absolute atomic E-state index is 0.495. The molecule has 0 radical (unpaired) electrons. The van der Waals surface area contributed by atoms with Gasteiger partial charge in [0.25, 0.3) is 0 Å². The fourth-order valence-electron chi connectivity index (χ4n) is 2.06. The first-order valence-corrected chi connectivity index (χ1v) is 6.82. The van der Waals surface area contributed by atoms with Crippen LogP contribution in [0.2, 0.25) is 0 Å². The van der Waals surface area contributed by atoms with Gasteiger partial charge in [0, 0.05) is 5.56 Å². The van der Waals surface area contributed by atoms with Crippen molar-refractivity contribution in [1.82, 2.24) is 5.16 Å². The van der Waals surface area contributed by atoms with E-state index in [1.54, 1.807) is 7.11 Å². The standard InChI is InChI=1S/C17H16N2O3/c1-20-14-6-2-12(3-7-14)10-21-15-8-4-13(5-9-15)17-16(18)11-22-19-17/h2-9,11H,10,18H2,1H3. The number of ether oxygens (including phenoxy) is 2. The molecule has 1 aromatic heterocycles. The summed E-state index contributed by atoms with van der Waals surface area (Å²) in [7, 11) is 1.65. The highest BCUT2D eigenvalue weighted by molar-refractivity contribution is 5.71. The van der Waals surface area contributed by atoms with Crippen LogP contribution in [-0.2, 0) is 6.61 Å². The summed E-state index contributed by atoms with van der Waals surface area (Å²) in [6.07, 6.45) is 1.42. The highest BCUT2D eigenvalue weighted by atomic mass is 16.5. The zero-order valence-corrected chi connectivity index (χ0v) is 12.2. The summed E-state index contributed by atoms with van der Waals surface area (Å²) in [4.78, 5) is 0. The van der Waals surface area contributed by atoms with E-state index in [9.17, 15) is 0 Å². The lowest BCUT2D eigenvalue weighted by Crippen LogP contribution is -1.95. The van der Waals surface area contributed by atoms with Gasteiger partial charge in [-0.1, -0.05) is 17.3 Å². The molecular formula is C17H16N2O3. The SMILES string of the molecule is COc1ccc(COc2ccc(-c3nocc3N)cc2)cc1. The Hall–Kier alpha value is -2.95. The summed E-state index contributed by atoms with van der Waals surface area (Å²) in [5.74, 6) is 1.61. The Kier molecular flexibility index (Phi) is 3.96. The average Bonchev–Trinajstić information content (AvgIpc) is 3.00. The Morgan fingerprint density at radius 2 is 1.68 bits per heavy atom. The van der Waals surface area contributed by atoms with E-state index in [1.807, 2.05) is 48.5 Å². The molecule has 22 heavy (non-hydrogen) atoms. The summed E-state index contributed by atoms with van der Waals surface area (Å²) >= 11 is 0. The van der Waals surface area contributed by atoms with Crippen LogP contribution in [0.3, 0.4) is 0 Å². The van der Waals surface area contributed by atoms with Crippen molar-refractivity contribution in [2.24, 2.45) is 0 Å². The summed E-state index contributed by atoms with van der Waals surface area (Å²) < 4.78 is 15.7. The zero-order chi connectivity index (χ0) is 15.4. The van der Waals surface area contributed by atoms with Crippen molar-refractivity contribution in [2.75, 3.05) is 12.8 Å². The third kappa shape index (κ3) is 3.03. The third-order valence-corrected chi connectivity index (χ3v) is 3.29. The molecule has 0 spiro atoms. The Labute approximate surface area is 128 Å². The fourth-order valence-corrected chi connectivity index (χ4v) is 2.06. The lowest BCUT2D eigenvalue weighted by Gasteiger charge is -2.07. The van der Waals surface area contributed by atoms with E-state index in [-0.39, 0.29) is 0 Å². The maximum absolute atomic E-state index is 5.77. The molecule has 0 saturated heterocycles. The van der Waals surface area contributed by atoms with Crippen LogP contribution in [0.4, 0.5) is 5.69 Å². The van der Waals surface area contributed by atoms with Gasteiger partial charge in [-0.05, 0) is 42.0 Å². The molecule has 0 saturated carbocycles. The van der Waals surface area contributed by atoms with E-state index in [2.05, 4.69) is 5.16 Å². The molecule has 3 rings (SSSR count). The van der Waals surface area contributed by atoms with Crippen molar-refractivity contribution in [2.45, 2.75) is 6.61 Å². The van der Waals surface area contributed by atoms with Gasteiger partial charge in [0.05, 0.1) is 7.11 Å². The normalized spacial score (nSPS) is 10.4. The first kappa shape index (κ1) is 14.0. The number of hydrogen-bond donors (Lipinski definition) is 1. The van der Waals surface area contributed by atoms with Crippen LogP contribution in [0, 0.1) is 0 Å². The Morgan fingerprint density at radius 3 is 2.27 bits per heavy atom. The molecule has 0 amide bonds. The molecule has 0 fully saturated rings. The molecule has 3 aromatic rings. The van der Waals surface area contributed by atoms with E-state index < -0.39 is 0 Å². The molecule has 112 valence electrons. The second-order valence-electron chi connectivity index (χ2n) is 4.78. The van der Waals surface area contributed by atoms with Gasteiger partial charge in [0.2, 0.25) is 0 Å². The molecule has 0 aliphatic carbocycles. The molecular weight excluding hydrogens is 280 g/mol. The molecule has 0 aliphatic rings. The van der Waals surface area contributed by atoms with Crippen LogP contribution in [-0.4, -0.2) is 12.3 Å². The summed E-state index contributed by atoms with van der Waals surface area (Å²) in [5, 5.41) is 3.87. The third-order valence-electron chi connectivity index (χ3n) is 3.29. The number of rotatable bonds is 5. The van der Waals surface area contributed by atoms with Gasteiger partial charge in [-0.15, -0.1) is 0 Å². The number of benzene rings is 2. The number of nitrogens with two attached hydrogens (primary N) is 1. The van der Waals surface area contributed by atoms with Gasteiger partial charge in [0.1, 0.15) is 35.8 Å². The molecule has 0 bridgehead atoms. The van der Waals surface area contributed by atoms with Gasteiger partial charge in [0.15, 0.2) is 0 Å². The zero-order valence-electron chi connectivity index (χ0n) is 12.2. The fraction of sp³-hybridized carbons (Fsp3) is 0.118. The van der Waals surface area contributed by atoms with Crippen LogP contribution < -0.4 is 15.2 Å². The lowest BCUT2D eigenvalue weighted by molar-refractivity contribution is 0.306. The molecule has 0 unspecified atom stereocenters. The van der Waals surface area contributed by atoms with Crippen molar-refractivity contribution in [1.29, 1.82) is 0 Å². The van der Waals surface area contributed by atoms with Crippen molar-refractivity contribution in [3.05, 3.63) is 60.4 Å². The van der Waals surface area contributed by atoms with Crippen LogP contribution in [0.15, 0.2) is 59.3 Å². The number of hydrogen-bond acceptors (Lipinski definition) is 5. The quantitative estimate of drug-likeness (QED) is 0.780. The Balaban J connectivity index is 1.64. The van der Waals surface area contributed by atoms with E-state index in [0.717, 1.165) is 22.6 Å². The largest absolute Gasteiger partial charge is 0.497 e. The van der Waals surface area contributed by atoms with Gasteiger partial charge in [-0.25, -0.2) is 0 Å². The second-order valence-corrected chi connectivity index (χ2v) is 4.78. The van der Waals surface area contributed by atoms with Gasteiger partial charge in [-0.3, -0.25) is 0 Å². The first-order chi connectivity index (χ1) is 10.8. The number of nitrogen functional groups attached to an aromatic ring is 1. The monoisotopic (exact) mass is 296 g/mol. The predicted molar refractivity (Wildman–Crippen MR) is 83.7 cm³/mol. The molecule has 5 heteroatoms. The van der Waals surface area contributed by atoms with Crippen LogP contribution >= 0.6 is 0 Å². The second kappa shape index (κ2) is 6.22.